The zero-order valence-corrected chi connectivity index (χ0v) is 16.9. The molecular weight excluding hydrogens is 353 g/mol. The predicted molar refractivity (Wildman–Crippen MR) is 110 cm³/mol. The molecule has 0 unspecified atom stereocenters. The van der Waals surface area contributed by atoms with Gasteiger partial charge < -0.3 is 4.57 Å². The number of hydrogen-bond acceptors (Lipinski definition) is 2. The minimum Gasteiger partial charge on any atom is -0.344 e. The maximum absolute atomic E-state index is 14.1. The van der Waals surface area contributed by atoms with E-state index < -0.39 is 0 Å². The Balaban J connectivity index is 1.70. The van der Waals surface area contributed by atoms with Crippen molar-refractivity contribution in [3.8, 4) is 11.3 Å². The van der Waals surface area contributed by atoms with Crippen LogP contribution in [-0.2, 0) is 13.0 Å². The van der Waals surface area contributed by atoms with Gasteiger partial charge in [0.15, 0.2) is 0 Å². The van der Waals surface area contributed by atoms with Gasteiger partial charge in [0.25, 0.3) is 5.91 Å². The van der Waals surface area contributed by atoms with E-state index in [9.17, 15) is 9.18 Å². The molecule has 0 radical (unpaired) electrons. The number of hydrogen-bond donors (Lipinski definition) is 1. The number of rotatable bonds is 6. The van der Waals surface area contributed by atoms with E-state index in [0.717, 1.165) is 61.4 Å². The van der Waals surface area contributed by atoms with E-state index in [1.807, 2.05) is 24.1 Å². The molecule has 28 heavy (non-hydrogen) atoms. The van der Waals surface area contributed by atoms with Crippen molar-refractivity contribution in [3.63, 3.8) is 0 Å². The molecule has 0 spiro atoms. The summed E-state index contributed by atoms with van der Waals surface area (Å²) in [4.78, 5) is 13.0. The highest BCUT2D eigenvalue weighted by Crippen LogP contribution is 2.36. The lowest BCUT2D eigenvalue weighted by Gasteiger charge is -2.26. The van der Waals surface area contributed by atoms with Crippen LogP contribution in [0.1, 0.15) is 60.6 Å². The Morgan fingerprint density at radius 2 is 1.93 bits per heavy atom. The van der Waals surface area contributed by atoms with E-state index in [1.165, 1.54) is 25.3 Å². The monoisotopic (exact) mass is 383 g/mol. The van der Waals surface area contributed by atoms with Gasteiger partial charge in [-0.05, 0) is 68.7 Å². The number of piperidine rings is 1. The van der Waals surface area contributed by atoms with Crippen molar-refractivity contribution in [1.82, 2.24) is 15.0 Å². The molecule has 0 atom stereocenters. The molecule has 1 N–H and O–H groups in total. The molecule has 5 heteroatoms. The summed E-state index contributed by atoms with van der Waals surface area (Å²) >= 11 is 0. The fourth-order valence-corrected chi connectivity index (χ4v) is 4.20. The maximum atomic E-state index is 14.1. The topological polar surface area (TPSA) is 37.3 Å². The summed E-state index contributed by atoms with van der Waals surface area (Å²) < 4.78 is 16.3. The van der Waals surface area contributed by atoms with Crippen molar-refractivity contribution in [3.05, 3.63) is 46.9 Å². The Bertz CT molecular complexity index is 863. The lowest BCUT2D eigenvalue weighted by Crippen LogP contribution is -2.45. The first-order chi connectivity index (χ1) is 13.6. The lowest BCUT2D eigenvalue weighted by molar-refractivity contribution is 0.0749. The number of amides is 1. The molecule has 2 heterocycles. The van der Waals surface area contributed by atoms with Crippen LogP contribution in [0.15, 0.2) is 24.3 Å². The Morgan fingerprint density at radius 3 is 2.61 bits per heavy atom. The average Bonchev–Trinajstić information content (AvgIpc) is 3.46. The minimum atomic E-state index is -0.233. The van der Waals surface area contributed by atoms with Crippen molar-refractivity contribution in [1.29, 1.82) is 0 Å². The summed E-state index contributed by atoms with van der Waals surface area (Å²) in [6, 6.07) is 6.96. The first-order valence-corrected chi connectivity index (χ1v) is 10.6. The fourth-order valence-electron chi connectivity index (χ4n) is 4.20. The highest BCUT2D eigenvalue weighted by Gasteiger charge is 2.27. The van der Waals surface area contributed by atoms with Crippen molar-refractivity contribution < 1.29 is 9.18 Å². The van der Waals surface area contributed by atoms with Crippen LogP contribution in [0.25, 0.3) is 11.3 Å². The van der Waals surface area contributed by atoms with Crippen LogP contribution in [0, 0.1) is 18.7 Å². The van der Waals surface area contributed by atoms with E-state index in [-0.39, 0.29) is 11.7 Å². The van der Waals surface area contributed by atoms with Gasteiger partial charge in [0.2, 0.25) is 0 Å². The molecule has 0 bridgehead atoms. The van der Waals surface area contributed by atoms with Gasteiger partial charge in [0.05, 0.1) is 5.56 Å². The number of nitrogens with one attached hydrogen (secondary N) is 1. The van der Waals surface area contributed by atoms with Gasteiger partial charge in [-0.3, -0.25) is 10.2 Å². The number of carbonyl (C=O) groups excluding carboxylic acids is 1. The third-order valence-electron chi connectivity index (χ3n) is 6.09. The van der Waals surface area contributed by atoms with Gasteiger partial charge in [0, 0.05) is 36.6 Å². The highest BCUT2D eigenvalue weighted by atomic mass is 19.1. The first-order valence-electron chi connectivity index (χ1n) is 10.6. The van der Waals surface area contributed by atoms with E-state index in [0.29, 0.717) is 11.5 Å². The Labute approximate surface area is 166 Å². The molecule has 1 amide bonds. The van der Waals surface area contributed by atoms with Crippen LogP contribution < -0.4 is 5.43 Å². The summed E-state index contributed by atoms with van der Waals surface area (Å²) in [5.74, 6) is 0.384. The van der Waals surface area contributed by atoms with Gasteiger partial charge >= 0.3 is 0 Å². The van der Waals surface area contributed by atoms with Crippen LogP contribution in [0.4, 0.5) is 4.39 Å². The maximum Gasteiger partial charge on any atom is 0.267 e. The SMILES string of the molecule is CCc1ccc(F)cc1-c1cc(C(=O)NN2CCCCC2)c(C)n1CC1CC1. The Hall–Kier alpha value is -2.14. The van der Waals surface area contributed by atoms with Crippen LogP contribution in [0.3, 0.4) is 0 Å². The van der Waals surface area contributed by atoms with Crippen LogP contribution >= 0.6 is 0 Å². The molecule has 1 saturated heterocycles. The van der Waals surface area contributed by atoms with E-state index in [4.69, 9.17) is 0 Å². The molecule has 150 valence electrons. The molecule has 1 aliphatic carbocycles. The van der Waals surface area contributed by atoms with Gasteiger partial charge in [-0.1, -0.05) is 19.4 Å². The van der Waals surface area contributed by atoms with E-state index >= 15 is 0 Å². The predicted octanol–water partition coefficient (Wildman–Crippen LogP) is 4.71. The number of halogens is 1. The average molecular weight is 384 g/mol. The first kappa shape index (κ1) is 19.2. The summed E-state index contributed by atoms with van der Waals surface area (Å²) in [5.41, 5.74) is 7.74. The number of carbonyl (C=O) groups is 1. The second-order valence-electron chi connectivity index (χ2n) is 8.23. The minimum absolute atomic E-state index is 0.0513. The Morgan fingerprint density at radius 1 is 1.18 bits per heavy atom. The van der Waals surface area contributed by atoms with E-state index in [2.05, 4.69) is 16.9 Å². The third kappa shape index (κ3) is 4.00. The van der Waals surface area contributed by atoms with Crippen molar-refractivity contribution in [2.45, 2.75) is 58.9 Å². The summed E-state index contributed by atoms with van der Waals surface area (Å²) in [6.07, 6.45) is 6.77. The van der Waals surface area contributed by atoms with E-state index in [1.54, 1.807) is 6.07 Å². The molecule has 2 fully saturated rings. The summed E-state index contributed by atoms with van der Waals surface area (Å²) in [7, 11) is 0. The second kappa shape index (κ2) is 8.08. The van der Waals surface area contributed by atoms with Crippen molar-refractivity contribution in [2.75, 3.05) is 13.1 Å². The van der Waals surface area contributed by atoms with Crippen LogP contribution in [-0.4, -0.2) is 28.6 Å². The standard InChI is InChI=1S/C23H30FN3O/c1-3-18-9-10-19(24)13-21(18)22-14-20(16(2)27(22)15-17-7-8-17)23(28)25-26-11-5-4-6-12-26/h9-10,13-14,17H,3-8,11-12,15H2,1-2H3,(H,25,28). The zero-order chi connectivity index (χ0) is 19.7. The number of benzene rings is 1. The largest absolute Gasteiger partial charge is 0.344 e. The summed E-state index contributed by atoms with van der Waals surface area (Å²) in [5, 5.41) is 2.03. The number of aryl methyl sites for hydroxylation is 1. The number of nitrogens with zero attached hydrogens (tertiary/aromatic N) is 2. The number of aromatic nitrogens is 1. The van der Waals surface area contributed by atoms with Gasteiger partial charge in [-0.25, -0.2) is 9.40 Å². The second-order valence-corrected chi connectivity index (χ2v) is 8.23. The molecular formula is C23H30FN3O. The molecule has 2 aromatic rings. The molecule has 1 saturated carbocycles. The lowest BCUT2D eigenvalue weighted by atomic mass is 10.0. The molecule has 2 aliphatic rings. The third-order valence-corrected chi connectivity index (χ3v) is 6.09. The summed E-state index contributed by atoms with van der Waals surface area (Å²) in [6.45, 7) is 6.82. The normalized spacial score (nSPS) is 17.7. The molecule has 4 nitrogen and oxygen atoms in total. The van der Waals surface area contributed by atoms with Crippen LogP contribution in [0.5, 0.6) is 0 Å². The quantitative estimate of drug-likeness (QED) is 0.785. The van der Waals surface area contributed by atoms with Crippen molar-refractivity contribution >= 4 is 5.91 Å². The molecule has 4 rings (SSSR count). The zero-order valence-electron chi connectivity index (χ0n) is 16.9. The van der Waals surface area contributed by atoms with Crippen molar-refractivity contribution in [2.24, 2.45) is 5.92 Å². The highest BCUT2D eigenvalue weighted by molar-refractivity contribution is 5.96. The molecule has 1 aliphatic heterocycles. The molecule has 1 aromatic carbocycles. The molecule has 1 aromatic heterocycles. The number of hydrazine groups is 1. The fraction of sp³-hybridized carbons (Fsp3) is 0.522. The Kier molecular flexibility index (Phi) is 5.54. The van der Waals surface area contributed by atoms with Crippen LogP contribution in [0.2, 0.25) is 0 Å². The van der Waals surface area contributed by atoms with Gasteiger partial charge in [-0.2, -0.15) is 0 Å². The smallest absolute Gasteiger partial charge is 0.267 e. The van der Waals surface area contributed by atoms with Gasteiger partial charge in [0.1, 0.15) is 5.82 Å². The van der Waals surface area contributed by atoms with Gasteiger partial charge in [-0.15, -0.1) is 0 Å².